The molecule has 1 aromatic rings. The second kappa shape index (κ2) is 3.38. The van der Waals surface area contributed by atoms with E-state index in [0.29, 0.717) is 17.4 Å². The van der Waals surface area contributed by atoms with Crippen LogP contribution in [0.25, 0.3) is 0 Å². The molecule has 2 nitrogen and oxygen atoms in total. The van der Waals surface area contributed by atoms with Crippen molar-refractivity contribution in [2.45, 2.75) is 6.04 Å². The highest BCUT2D eigenvalue weighted by molar-refractivity contribution is 7.96. The summed E-state index contributed by atoms with van der Waals surface area (Å²) in [5.74, 6) is -0.247. The first kappa shape index (κ1) is 8.56. The molecular weight excluding hydrogens is 189 g/mol. The molecule has 1 aliphatic heterocycles. The summed E-state index contributed by atoms with van der Waals surface area (Å²) in [6.45, 7) is 0.375. The first-order chi connectivity index (χ1) is 6.27. The maximum absolute atomic E-state index is 13.2. The van der Waals surface area contributed by atoms with E-state index in [1.807, 2.05) is 0 Å². The predicted molar refractivity (Wildman–Crippen MR) is 51.5 cm³/mol. The molecule has 0 aliphatic carbocycles. The second-order valence-corrected chi connectivity index (χ2v) is 3.14. The predicted octanol–water partition coefficient (Wildman–Crippen LogP) is 2.18. The van der Waals surface area contributed by atoms with E-state index in [-0.39, 0.29) is 11.9 Å². The Balaban J connectivity index is 2.31. The van der Waals surface area contributed by atoms with Crippen molar-refractivity contribution >= 4 is 17.9 Å². The van der Waals surface area contributed by atoms with Gasteiger partial charge in [-0.2, -0.15) is 0 Å². The van der Waals surface area contributed by atoms with Gasteiger partial charge in [-0.25, -0.2) is 9.38 Å². The van der Waals surface area contributed by atoms with Gasteiger partial charge in [0.25, 0.3) is 0 Å². The lowest BCUT2D eigenvalue weighted by atomic mass is 10.1. The highest BCUT2D eigenvalue weighted by atomic mass is 32.1. The number of benzene rings is 1. The van der Waals surface area contributed by atoms with Gasteiger partial charge in [-0.3, -0.25) is 0 Å². The molecule has 0 aromatic heterocycles. The number of ether oxygens (including phenoxy) is 1. The Kier molecular flexibility index (Phi) is 2.22. The van der Waals surface area contributed by atoms with Crippen molar-refractivity contribution in [1.29, 1.82) is 0 Å². The molecule has 1 heterocycles. The molecule has 1 aliphatic rings. The summed E-state index contributed by atoms with van der Waals surface area (Å²) in [5.41, 5.74) is 0.562. The minimum atomic E-state index is -0.247. The lowest BCUT2D eigenvalue weighted by molar-refractivity contribution is 0.324. The average molecular weight is 197 g/mol. The first-order valence-electron chi connectivity index (χ1n) is 3.91. The van der Waals surface area contributed by atoms with Crippen LogP contribution in [0.3, 0.4) is 0 Å². The molecule has 0 N–H and O–H groups in total. The van der Waals surface area contributed by atoms with E-state index < -0.39 is 0 Å². The van der Waals surface area contributed by atoms with E-state index in [0.717, 1.165) is 0 Å². The highest BCUT2D eigenvalue weighted by Crippen LogP contribution is 2.25. The van der Waals surface area contributed by atoms with E-state index in [9.17, 15) is 4.39 Å². The van der Waals surface area contributed by atoms with Crippen LogP contribution in [0.5, 0.6) is 0 Å². The Bertz CT molecular complexity index is 353. The zero-order valence-corrected chi connectivity index (χ0v) is 7.67. The van der Waals surface area contributed by atoms with Gasteiger partial charge in [0.05, 0.1) is 0 Å². The topological polar surface area (TPSA) is 21.6 Å². The van der Waals surface area contributed by atoms with Crippen LogP contribution in [0.15, 0.2) is 29.3 Å². The van der Waals surface area contributed by atoms with Crippen LogP contribution >= 0.6 is 12.6 Å². The van der Waals surface area contributed by atoms with Gasteiger partial charge < -0.3 is 4.74 Å². The maximum atomic E-state index is 13.2. The summed E-state index contributed by atoms with van der Waals surface area (Å²) in [4.78, 5) is 4.04. The van der Waals surface area contributed by atoms with Gasteiger partial charge in [0.15, 0.2) is 0 Å². The fourth-order valence-corrected chi connectivity index (χ4v) is 1.48. The molecular formula is C9H8FNOS. The minimum Gasteiger partial charge on any atom is -0.471 e. The number of rotatable bonds is 1. The van der Waals surface area contributed by atoms with E-state index >= 15 is 0 Å². The third-order valence-corrected chi connectivity index (χ3v) is 2.15. The van der Waals surface area contributed by atoms with E-state index in [2.05, 4.69) is 17.6 Å². The van der Waals surface area contributed by atoms with Gasteiger partial charge in [-0.05, 0) is 6.07 Å². The van der Waals surface area contributed by atoms with E-state index in [4.69, 9.17) is 4.74 Å². The van der Waals surface area contributed by atoms with Crippen LogP contribution in [0.2, 0.25) is 0 Å². The molecule has 13 heavy (non-hydrogen) atoms. The molecule has 0 saturated carbocycles. The van der Waals surface area contributed by atoms with Gasteiger partial charge >= 0.3 is 0 Å². The molecule has 0 saturated heterocycles. The number of nitrogens with zero attached hydrogens (tertiary/aromatic N) is 1. The zero-order valence-electron chi connectivity index (χ0n) is 6.77. The Hall–Kier alpha value is -1.03. The smallest absolute Gasteiger partial charge is 0.243 e. The van der Waals surface area contributed by atoms with Gasteiger partial charge in [0, 0.05) is 5.56 Å². The molecule has 0 bridgehead atoms. The maximum Gasteiger partial charge on any atom is 0.243 e. The van der Waals surface area contributed by atoms with Crippen molar-refractivity contribution in [3.63, 3.8) is 0 Å². The molecule has 0 fully saturated rings. The van der Waals surface area contributed by atoms with Gasteiger partial charge in [0.2, 0.25) is 5.23 Å². The molecule has 1 atom stereocenters. The van der Waals surface area contributed by atoms with Crippen LogP contribution in [0, 0.1) is 5.82 Å². The Labute approximate surface area is 80.8 Å². The normalized spacial score (nSPS) is 21.1. The lowest BCUT2D eigenvalue weighted by Crippen LogP contribution is -2.00. The van der Waals surface area contributed by atoms with Crippen molar-refractivity contribution in [3.8, 4) is 0 Å². The molecule has 2 rings (SSSR count). The first-order valence-corrected chi connectivity index (χ1v) is 4.36. The molecule has 4 heteroatoms. The van der Waals surface area contributed by atoms with E-state index in [1.165, 1.54) is 6.07 Å². The quantitative estimate of drug-likeness (QED) is 0.685. The van der Waals surface area contributed by atoms with Crippen LogP contribution in [-0.4, -0.2) is 11.8 Å². The van der Waals surface area contributed by atoms with Gasteiger partial charge in [0.1, 0.15) is 18.5 Å². The number of halogens is 1. The number of hydrogen-bond donors (Lipinski definition) is 1. The number of hydrogen-bond acceptors (Lipinski definition) is 2. The fraction of sp³-hybridized carbons (Fsp3) is 0.222. The monoisotopic (exact) mass is 197 g/mol. The summed E-state index contributed by atoms with van der Waals surface area (Å²) in [6, 6.07) is 6.32. The second-order valence-electron chi connectivity index (χ2n) is 2.76. The molecule has 68 valence electrons. The van der Waals surface area contributed by atoms with Crippen molar-refractivity contribution in [2.75, 3.05) is 6.61 Å². The third-order valence-electron chi connectivity index (χ3n) is 1.90. The summed E-state index contributed by atoms with van der Waals surface area (Å²) in [6.07, 6.45) is 0. The Morgan fingerprint density at radius 2 is 2.23 bits per heavy atom. The summed E-state index contributed by atoms with van der Waals surface area (Å²) in [5, 5.41) is 0.327. The van der Waals surface area contributed by atoms with Crippen LogP contribution in [0.4, 0.5) is 4.39 Å². The summed E-state index contributed by atoms with van der Waals surface area (Å²) < 4.78 is 18.2. The van der Waals surface area contributed by atoms with Crippen molar-refractivity contribution in [3.05, 3.63) is 35.6 Å². The molecule has 1 aromatic carbocycles. The van der Waals surface area contributed by atoms with Gasteiger partial charge in [-0.1, -0.05) is 30.8 Å². The lowest BCUT2D eigenvalue weighted by Gasteiger charge is -2.05. The third kappa shape index (κ3) is 1.67. The fourth-order valence-electron chi connectivity index (χ4n) is 1.27. The summed E-state index contributed by atoms with van der Waals surface area (Å²) >= 11 is 3.94. The highest BCUT2D eigenvalue weighted by Gasteiger charge is 2.20. The molecule has 0 radical (unpaired) electrons. The summed E-state index contributed by atoms with van der Waals surface area (Å²) in [7, 11) is 0. The zero-order chi connectivity index (χ0) is 9.26. The largest absolute Gasteiger partial charge is 0.471 e. The van der Waals surface area contributed by atoms with Crippen LogP contribution in [0.1, 0.15) is 11.6 Å². The molecule has 1 unspecified atom stereocenters. The average Bonchev–Trinajstić information content (AvgIpc) is 2.53. The van der Waals surface area contributed by atoms with Crippen molar-refractivity contribution < 1.29 is 9.13 Å². The molecule has 0 amide bonds. The van der Waals surface area contributed by atoms with Crippen molar-refractivity contribution in [1.82, 2.24) is 0 Å². The molecule has 0 spiro atoms. The standard InChI is InChI=1S/C9H8FNOS/c10-7-4-2-1-3-6(7)8-5-12-9(13)11-8/h1-4,8H,5H2,(H,11,13). The van der Waals surface area contributed by atoms with Gasteiger partial charge in [-0.15, -0.1) is 0 Å². The number of aliphatic imine (C=N–C) groups is 1. The van der Waals surface area contributed by atoms with E-state index in [1.54, 1.807) is 18.2 Å². The number of thiol groups is 1. The van der Waals surface area contributed by atoms with Crippen LogP contribution < -0.4 is 0 Å². The van der Waals surface area contributed by atoms with Crippen molar-refractivity contribution in [2.24, 2.45) is 4.99 Å². The Morgan fingerprint density at radius 1 is 1.46 bits per heavy atom. The SMILES string of the molecule is Fc1ccccc1C1COC(S)=N1. The Morgan fingerprint density at radius 3 is 2.85 bits per heavy atom. The minimum absolute atomic E-state index is 0.242. The van der Waals surface area contributed by atoms with Crippen LogP contribution in [-0.2, 0) is 4.74 Å².